The molecule has 0 saturated heterocycles. The highest BCUT2D eigenvalue weighted by atomic mass is 14.8. The Morgan fingerprint density at radius 3 is 1.59 bits per heavy atom. The lowest BCUT2D eigenvalue weighted by molar-refractivity contribution is 1.29. The van der Waals surface area contributed by atoms with E-state index in [4.69, 9.17) is 9.97 Å². The Hall–Kier alpha value is -6.12. The number of rotatable bonds is 4. The molecule has 9 aromatic rings. The topological polar surface area (TPSA) is 25.8 Å². The van der Waals surface area contributed by atoms with E-state index in [0.717, 1.165) is 50.1 Å². The van der Waals surface area contributed by atoms with Crippen LogP contribution in [-0.4, -0.2) is 9.97 Å². The van der Waals surface area contributed by atoms with E-state index < -0.39 is 0 Å². The molecule has 7 aromatic carbocycles. The fourth-order valence-electron chi connectivity index (χ4n) is 6.81. The van der Waals surface area contributed by atoms with E-state index >= 15 is 0 Å². The largest absolute Gasteiger partial charge is 0.246 e. The fraction of sp³-hybridized carbons (Fsp3) is 0. The van der Waals surface area contributed by atoms with Gasteiger partial charge < -0.3 is 0 Å². The molecule has 0 saturated carbocycles. The minimum absolute atomic E-state index is 0.860. The Kier molecular flexibility index (Phi) is 6.17. The van der Waals surface area contributed by atoms with Gasteiger partial charge in [0.05, 0.1) is 22.6 Å². The summed E-state index contributed by atoms with van der Waals surface area (Å²) in [6, 6.07) is 60.3. The first-order chi connectivity index (χ1) is 22.8. The van der Waals surface area contributed by atoms with Gasteiger partial charge in [0.1, 0.15) is 0 Å². The molecule has 2 aromatic heterocycles. The molecule has 2 nitrogen and oxygen atoms in total. The second kappa shape index (κ2) is 10.8. The lowest BCUT2D eigenvalue weighted by Gasteiger charge is -2.15. The smallest absolute Gasteiger partial charge is 0.0972 e. The molecule has 2 heteroatoms. The maximum Gasteiger partial charge on any atom is 0.0972 e. The quantitative estimate of drug-likeness (QED) is 0.192. The van der Waals surface area contributed by atoms with Crippen molar-refractivity contribution in [3.63, 3.8) is 0 Å². The van der Waals surface area contributed by atoms with Crippen LogP contribution in [0.4, 0.5) is 0 Å². The van der Waals surface area contributed by atoms with Crippen molar-refractivity contribution in [2.75, 3.05) is 0 Å². The molecule has 214 valence electrons. The lowest BCUT2D eigenvalue weighted by Crippen LogP contribution is -1.96. The van der Waals surface area contributed by atoms with Crippen LogP contribution in [-0.2, 0) is 0 Å². The second-order valence-corrected chi connectivity index (χ2v) is 11.8. The zero-order valence-electron chi connectivity index (χ0n) is 25.1. The normalized spacial score (nSPS) is 11.5. The zero-order chi connectivity index (χ0) is 30.5. The van der Waals surface area contributed by atoms with Crippen molar-refractivity contribution in [3.05, 3.63) is 170 Å². The summed E-state index contributed by atoms with van der Waals surface area (Å²) in [5, 5.41) is 8.29. The average molecular weight is 585 g/mol. The Labute approximate surface area is 267 Å². The molecule has 0 N–H and O–H groups in total. The van der Waals surface area contributed by atoms with E-state index in [2.05, 4.69) is 170 Å². The molecule has 0 fully saturated rings. The molecule has 0 spiro atoms. The molecule has 0 atom stereocenters. The van der Waals surface area contributed by atoms with Gasteiger partial charge in [0.25, 0.3) is 0 Å². The summed E-state index contributed by atoms with van der Waals surface area (Å²) >= 11 is 0. The summed E-state index contributed by atoms with van der Waals surface area (Å²) in [5.41, 5.74) is 9.41. The van der Waals surface area contributed by atoms with E-state index in [-0.39, 0.29) is 0 Å². The van der Waals surface area contributed by atoms with E-state index in [1.165, 1.54) is 38.1 Å². The highest BCUT2D eigenvalue weighted by molar-refractivity contribution is 6.14. The van der Waals surface area contributed by atoms with Crippen molar-refractivity contribution in [1.82, 2.24) is 9.97 Å². The molecule has 0 aliphatic carbocycles. The maximum atomic E-state index is 5.42. The fourth-order valence-corrected chi connectivity index (χ4v) is 6.81. The predicted octanol–water partition coefficient (Wildman–Crippen LogP) is 11.8. The Bertz CT molecular complexity index is 2430. The number of aromatic nitrogens is 2. The number of fused-ring (bicyclic) bond motifs is 6. The molecule has 0 unspecified atom stereocenters. The molecule has 0 aliphatic rings. The molecule has 0 amide bonds. The molecule has 9 rings (SSSR count). The van der Waals surface area contributed by atoms with Gasteiger partial charge in [0, 0.05) is 16.3 Å². The summed E-state index contributed by atoms with van der Waals surface area (Å²) in [4.78, 5) is 10.7. The van der Waals surface area contributed by atoms with Gasteiger partial charge in [-0.3, -0.25) is 0 Å². The molecule has 2 heterocycles. The highest BCUT2D eigenvalue weighted by Crippen LogP contribution is 2.39. The highest BCUT2D eigenvalue weighted by Gasteiger charge is 2.17. The van der Waals surface area contributed by atoms with Crippen LogP contribution in [0.3, 0.4) is 0 Å². The minimum Gasteiger partial charge on any atom is -0.246 e. The van der Waals surface area contributed by atoms with Crippen LogP contribution in [0.2, 0.25) is 0 Å². The van der Waals surface area contributed by atoms with Crippen LogP contribution in [0.25, 0.3) is 88.1 Å². The van der Waals surface area contributed by atoms with Gasteiger partial charge in [-0.1, -0.05) is 146 Å². The van der Waals surface area contributed by atoms with Gasteiger partial charge in [-0.05, 0) is 73.5 Å². The number of hydrogen-bond donors (Lipinski definition) is 0. The first kappa shape index (κ1) is 26.3. The predicted molar refractivity (Wildman–Crippen MR) is 194 cm³/mol. The SMILES string of the molecule is c1ccc(-c2ccc(-c3cc(-c4cc5ccccc5c5ccccc45)nc(-c4nc5ccccc5c5ccccc45)c3)cc2)cc1. The number of benzene rings is 7. The van der Waals surface area contributed by atoms with E-state index in [1.807, 2.05) is 0 Å². The van der Waals surface area contributed by atoms with Gasteiger partial charge >= 0.3 is 0 Å². The summed E-state index contributed by atoms with van der Waals surface area (Å²) in [5.74, 6) is 0. The first-order valence-electron chi connectivity index (χ1n) is 15.7. The van der Waals surface area contributed by atoms with Gasteiger partial charge in [-0.25, -0.2) is 9.97 Å². The Morgan fingerprint density at radius 1 is 0.304 bits per heavy atom. The van der Waals surface area contributed by atoms with Gasteiger partial charge in [0.2, 0.25) is 0 Å². The van der Waals surface area contributed by atoms with Gasteiger partial charge in [-0.2, -0.15) is 0 Å². The number of hydrogen-bond acceptors (Lipinski definition) is 2. The van der Waals surface area contributed by atoms with Crippen molar-refractivity contribution in [2.45, 2.75) is 0 Å². The van der Waals surface area contributed by atoms with Crippen LogP contribution in [0.15, 0.2) is 170 Å². The Balaban J connectivity index is 1.32. The van der Waals surface area contributed by atoms with Crippen LogP contribution >= 0.6 is 0 Å². The summed E-state index contributed by atoms with van der Waals surface area (Å²) in [6.07, 6.45) is 0. The maximum absolute atomic E-state index is 5.42. The van der Waals surface area contributed by atoms with Crippen molar-refractivity contribution < 1.29 is 0 Å². The minimum atomic E-state index is 0.860. The molecule has 0 aliphatic heterocycles. The van der Waals surface area contributed by atoms with E-state index in [0.29, 0.717) is 0 Å². The molecule has 0 bridgehead atoms. The lowest BCUT2D eigenvalue weighted by atomic mass is 9.93. The van der Waals surface area contributed by atoms with Crippen LogP contribution in [0, 0.1) is 0 Å². The summed E-state index contributed by atoms with van der Waals surface area (Å²) < 4.78 is 0. The summed E-state index contributed by atoms with van der Waals surface area (Å²) in [6.45, 7) is 0. The van der Waals surface area contributed by atoms with Gasteiger partial charge in [0.15, 0.2) is 0 Å². The van der Waals surface area contributed by atoms with Crippen molar-refractivity contribution in [3.8, 4) is 44.9 Å². The monoisotopic (exact) mass is 584 g/mol. The van der Waals surface area contributed by atoms with Crippen LogP contribution < -0.4 is 0 Å². The standard InChI is InChI=1S/C44H28N2/c1-2-12-29(13-3-1)30-22-24-31(25-23-30)33-27-42(40-26-32-14-4-5-15-34(32)35-16-6-7-17-36(35)40)45-43(28-33)44-39-20-9-8-18-37(39)38-19-10-11-21-41(38)46-44/h1-28H. The number of nitrogens with zero attached hydrogens (tertiary/aromatic N) is 2. The van der Waals surface area contributed by atoms with Crippen molar-refractivity contribution >= 4 is 43.2 Å². The number of pyridine rings is 2. The third-order valence-corrected chi connectivity index (χ3v) is 9.05. The average Bonchev–Trinajstić information content (AvgIpc) is 3.14. The molecule has 0 radical (unpaired) electrons. The van der Waals surface area contributed by atoms with Crippen LogP contribution in [0.1, 0.15) is 0 Å². The van der Waals surface area contributed by atoms with Gasteiger partial charge in [-0.15, -0.1) is 0 Å². The summed E-state index contributed by atoms with van der Waals surface area (Å²) in [7, 11) is 0. The first-order valence-corrected chi connectivity index (χ1v) is 15.7. The van der Waals surface area contributed by atoms with E-state index in [1.54, 1.807) is 0 Å². The number of para-hydroxylation sites is 1. The van der Waals surface area contributed by atoms with Crippen molar-refractivity contribution in [2.24, 2.45) is 0 Å². The third-order valence-electron chi connectivity index (χ3n) is 9.05. The molecular formula is C44H28N2. The third kappa shape index (κ3) is 4.43. The van der Waals surface area contributed by atoms with Crippen molar-refractivity contribution in [1.29, 1.82) is 0 Å². The molecule has 46 heavy (non-hydrogen) atoms. The zero-order valence-corrected chi connectivity index (χ0v) is 25.1. The van der Waals surface area contributed by atoms with E-state index in [9.17, 15) is 0 Å². The molecular weight excluding hydrogens is 556 g/mol. The van der Waals surface area contributed by atoms with Crippen LogP contribution in [0.5, 0.6) is 0 Å². The Morgan fingerprint density at radius 2 is 0.826 bits per heavy atom. The second-order valence-electron chi connectivity index (χ2n) is 11.8.